The monoisotopic (exact) mass is 1800 g/mol. The molecule has 8 heterocycles. The van der Waals surface area contributed by atoms with Crippen LogP contribution in [-0.2, 0) is 63.9 Å². The number of aliphatic hydroxyl groups excluding tert-OH is 6. The number of primary amides is 1. The van der Waals surface area contributed by atoms with Crippen molar-refractivity contribution in [1.29, 1.82) is 0 Å². The van der Waals surface area contributed by atoms with Gasteiger partial charge >= 0.3 is 6.36 Å². The van der Waals surface area contributed by atoms with Gasteiger partial charge in [-0.1, -0.05) is 67.4 Å². The van der Waals surface area contributed by atoms with Crippen LogP contribution in [0.15, 0.2) is 128 Å². The van der Waals surface area contributed by atoms with E-state index in [4.69, 9.17) is 57.4 Å². The van der Waals surface area contributed by atoms with Gasteiger partial charge in [-0.05, 0) is 151 Å². The number of anilines is 1. The van der Waals surface area contributed by atoms with Gasteiger partial charge in [0.05, 0.1) is 53.2 Å². The van der Waals surface area contributed by atoms with Gasteiger partial charge < -0.3 is 133 Å². The SMILES string of the molecule is CNNC(=O)C1NC(=O)C2NC(=O)C(NC(=O)C3NC(=O)C(CC(N)=O)NC(=O)C(NC(=O)C(CC(C)C)NC)C(O)c4ccc(c(Cl)c4)Oc4cc3cc(c4OC3OC(CO)C(O)C(O)C3OC3CC(C)(NCc4cncc(NC(=O)C=Cc5cccc(OC(F)(F)F)c5)c4)C(O)C(C)O3)Oc3ccc(cc3Cl)C2O)c2ccc(O)c(c2)-c2c(O)cc(O)cc21. The number of hydrogen-bond donors (Lipinski definition) is 21. The van der Waals surface area contributed by atoms with Gasteiger partial charge in [0.25, 0.3) is 5.91 Å². The lowest BCUT2D eigenvalue weighted by Gasteiger charge is -2.48. The number of pyridine rings is 1. The summed E-state index contributed by atoms with van der Waals surface area (Å²) in [6.07, 6.45) is -19.6. The first-order chi connectivity index (χ1) is 59.7. The number of alkyl halides is 3. The van der Waals surface area contributed by atoms with Crippen LogP contribution >= 0.6 is 23.2 Å². The summed E-state index contributed by atoms with van der Waals surface area (Å²) in [4.78, 5) is 137. The number of aliphatic hydroxyl groups is 6. The van der Waals surface area contributed by atoms with E-state index >= 15 is 24.0 Å². The van der Waals surface area contributed by atoms with Gasteiger partial charge in [0.1, 0.15) is 101 Å². The number of nitrogens with one attached hydrogen (secondary N) is 11. The predicted octanol–water partition coefficient (Wildman–Crippen LogP) is 3.05. The first-order valence-electron chi connectivity index (χ1n) is 39.1. The molecule has 0 aliphatic carbocycles. The van der Waals surface area contributed by atoms with Crippen LogP contribution in [0.4, 0.5) is 18.9 Å². The molecule has 38 nitrogen and oxygen atoms in total. The number of aromatic hydroxyl groups is 3. The summed E-state index contributed by atoms with van der Waals surface area (Å²) >= 11 is 14.3. The molecule has 14 rings (SSSR count). The summed E-state index contributed by atoms with van der Waals surface area (Å²) in [5, 5.41) is 129. The molecule has 0 saturated carbocycles. The third-order valence-corrected chi connectivity index (χ3v) is 21.9. The summed E-state index contributed by atoms with van der Waals surface area (Å²) in [5.41, 5.74) is 7.27. The maximum Gasteiger partial charge on any atom is 0.573 e. The molecule has 6 aromatic carbocycles. The van der Waals surface area contributed by atoms with Crippen molar-refractivity contribution in [2.75, 3.05) is 26.0 Å². The Hall–Kier alpha value is -12.1. The van der Waals surface area contributed by atoms with Gasteiger partial charge in [-0.2, -0.15) is 0 Å². The van der Waals surface area contributed by atoms with E-state index in [2.05, 4.69) is 68.4 Å². The van der Waals surface area contributed by atoms with E-state index in [1.807, 2.05) is 0 Å². The molecule has 18 unspecified atom stereocenters. The van der Waals surface area contributed by atoms with Crippen molar-refractivity contribution in [1.82, 2.24) is 58.4 Å². The van der Waals surface area contributed by atoms with Crippen LogP contribution in [0.5, 0.6) is 51.7 Å². The molecular formula is C83H90Cl2F3N13O25. The number of carbonyl (C=O) groups excluding carboxylic acids is 9. The van der Waals surface area contributed by atoms with Gasteiger partial charge in [0.2, 0.25) is 59.3 Å². The molecule has 7 aromatic rings. The molecular weight excluding hydrogens is 1710 g/mol. The second kappa shape index (κ2) is 39.2. The normalized spacial score (nSPS) is 26.0. The summed E-state index contributed by atoms with van der Waals surface area (Å²) < 4.78 is 82.2. The average Bonchev–Trinajstić information content (AvgIpc) is 0.766. The Morgan fingerprint density at radius 2 is 1.39 bits per heavy atom. The number of amides is 9. The van der Waals surface area contributed by atoms with Gasteiger partial charge in [0, 0.05) is 55.0 Å². The van der Waals surface area contributed by atoms with Gasteiger partial charge in [0.15, 0.2) is 23.9 Å². The smallest absolute Gasteiger partial charge is 0.508 e. The lowest BCUT2D eigenvalue weighted by Crippen LogP contribution is -2.65. The van der Waals surface area contributed by atoms with E-state index in [0.717, 1.165) is 84.9 Å². The largest absolute Gasteiger partial charge is 0.573 e. The molecule has 672 valence electrons. The molecule has 9 amide bonds. The predicted molar refractivity (Wildman–Crippen MR) is 437 cm³/mol. The van der Waals surface area contributed by atoms with Gasteiger partial charge in [-0.25, -0.2) is 5.43 Å². The first-order valence-corrected chi connectivity index (χ1v) is 39.9. The minimum absolute atomic E-state index is 0.0856. The minimum Gasteiger partial charge on any atom is -0.508 e. The van der Waals surface area contributed by atoms with Crippen molar-refractivity contribution in [2.24, 2.45) is 11.7 Å². The van der Waals surface area contributed by atoms with Crippen LogP contribution in [0, 0.1) is 5.92 Å². The average molecular weight is 1800 g/mol. The molecule has 11 bridgehead atoms. The standard InChI is InChI=1S/C83H90Cl2F3N13O25/c1-34(2)18-49(90-5)74(113)99-65-67(108)39-12-15-53(47(84)22-39)121-55-24-41-25-56(71(55)125-81-72(70(111)69(110)57(33-102)123-81)124-60-29-82(4,73(112)35(3)120-60)93-31-37-19-42(32-92-30-37)94-59(107)17-10-36-8-7-9-44(20-36)126-83(86,87)88)122-54-16-13-40(23-48(54)85)68(109)66-79(118)98-64(80(119)101-91-6)46-26-43(103)27-52(105)61(46)45-21-38(11-14-51(45)104)62(76(115)100-66)97-77(116)63(41)96-75(114)50(28-58(89)106)95-78(65)117/h7-17,19-27,30,32,34-35,49-50,57,60,62-70,72-73,81,90-91,93,102-105,108-112H,18,28-29,31,33H2,1-6H3,(H2,89,106)(H,94,107)(H,95,117)(H,96,114)(H,97,116)(H,98,118)(H,99,113)(H,100,115)(H,101,119). The summed E-state index contributed by atoms with van der Waals surface area (Å²) in [7, 11) is 2.74. The third-order valence-electron chi connectivity index (χ3n) is 21.3. The number of rotatable bonds is 21. The molecule has 1 aromatic heterocycles. The number of nitrogens with two attached hydrogens (primary N) is 1. The topological polar surface area (TPSA) is 572 Å². The second-order valence-electron chi connectivity index (χ2n) is 30.9. The highest BCUT2D eigenvalue weighted by Crippen LogP contribution is 2.50. The number of fused-ring (bicyclic) bond motifs is 15. The Bertz CT molecular complexity index is 5350. The maximum atomic E-state index is 16.3. The van der Waals surface area contributed by atoms with Crippen molar-refractivity contribution in [3.8, 4) is 62.9 Å². The molecule has 7 aliphatic rings. The molecule has 0 radical (unpaired) electrons. The molecule has 126 heavy (non-hydrogen) atoms. The highest BCUT2D eigenvalue weighted by molar-refractivity contribution is 6.32. The first kappa shape index (κ1) is 93.1. The van der Waals surface area contributed by atoms with Crippen molar-refractivity contribution < 1.29 is 135 Å². The van der Waals surface area contributed by atoms with E-state index in [1.54, 1.807) is 20.8 Å². The number of nitrogens with zero attached hydrogens (tertiary/aromatic N) is 1. The molecule has 18 atom stereocenters. The van der Waals surface area contributed by atoms with E-state index in [-0.39, 0.29) is 59.0 Å². The van der Waals surface area contributed by atoms with E-state index in [9.17, 15) is 78.3 Å². The number of halogens is 5. The molecule has 7 aliphatic heterocycles. The van der Waals surface area contributed by atoms with Gasteiger partial charge in [-0.15, -0.1) is 13.2 Å². The number of ether oxygens (including phenoxy) is 7. The fraction of sp³-hybridized carbons (Fsp3) is 0.373. The van der Waals surface area contributed by atoms with Crippen LogP contribution in [0.2, 0.25) is 10.0 Å². The zero-order chi connectivity index (χ0) is 91.2. The van der Waals surface area contributed by atoms with Crippen LogP contribution < -0.4 is 83.4 Å². The second-order valence-corrected chi connectivity index (χ2v) is 31.7. The lowest BCUT2D eigenvalue weighted by molar-refractivity contribution is -0.334. The van der Waals surface area contributed by atoms with Gasteiger partial charge in [-0.3, -0.25) is 53.6 Å². The lowest BCUT2D eigenvalue weighted by atomic mass is 9.84. The highest BCUT2D eigenvalue weighted by Gasteiger charge is 2.52. The summed E-state index contributed by atoms with van der Waals surface area (Å²) in [6.45, 7) is 5.57. The van der Waals surface area contributed by atoms with E-state index in [0.29, 0.717) is 5.56 Å². The molecule has 22 N–H and O–H groups in total. The Kier molecular flexibility index (Phi) is 29.0. The number of benzene rings is 6. The van der Waals surface area contributed by atoms with Crippen LogP contribution in [0.3, 0.4) is 0 Å². The minimum atomic E-state index is -4.96. The van der Waals surface area contributed by atoms with Crippen molar-refractivity contribution in [3.05, 3.63) is 177 Å². The molecule has 0 spiro atoms. The Labute approximate surface area is 724 Å². The molecule has 43 heteroatoms. The van der Waals surface area contributed by atoms with Crippen molar-refractivity contribution >= 4 is 88.1 Å². The Balaban J connectivity index is 0.996. The number of carbonyl (C=O) groups is 9. The number of hydrogen-bond acceptors (Lipinski definition) is 29. The highest BCUT2D eigenvalue weighted by atomic mass is 35.5. The molecule has 2 fully saturated rings. The van der Waals surface area contributed by atoms with Crippen molar-refractivity contribution in [2.45, 2.75) is 169 Å². The third kappa shape index (κ3) is 21.5. The maximum absolute atomic E-state index is 16.3. The fourth-order valence-electron chi connectivity index (χ4n) is 15.0. The van der Waals surface area contributed by atoms with Crippen LogP contribution in [-0.4, -0.2) is 210 Å². The fourth-order valence-corrected chi connectivity index (χ4v) is 15.4. The van der Waals surface area contributed by atoms with E-state index in [1.165, 1.54) is 69.8 Å². The summed E-state index contributed by atoms with van der Waals surface area (Å²) in [6, 6.07) is 6.02. The number of phenolic OH excluding ortho intramolecular Hbond substituents is 3. The number of phenols is 3. The summed E-state index contributed by atoms with van der Waals surface area (Å²) in [5.74, 6) is -16.6. The number of likely N-dealkylation sites (N-methyl/N-ethyl adjacent to an activating group) is 1. The molecule has 2 saturated heterocycles. The Morgan fingerprint density at radius 3 is 2.03 bits per heavy atom. The van der Waals surface area contributed by atoms with Crippen LogP contribution in [0.1, 0.15) is 116 Å². The quantitative estimate of drug-likeness (QED) is 0.0363. The Morgan fingerprint density at radius 1 is 0.730 bits per heavy atom. The number of aromatic nitrogens is 1. The zero-order valence-electron chi connectivity index (χ0n) is 67.6. The number of hydrazine groups is 1. The van der Waals surface area contributed by atoms with E-state index < -0.39 is 260 Å². The zero-order valence-corrected chi connectivity index (χ0v) is 69.1. The van der Waals surface area contributed by atoms with Crippen LogP contribution in [0.25, 0.3) is 17.2 Å². The van der Waals surface area contributed by atoms with Crippen molar-refractivity contribution in [3.63, 3.8) is 0 Å².